The van der Waals surface area contributed by atoms with E-state index < -0.39 is 5.97 Å². The van der Waals surface area contributed by atoms with Gasteiger partial charge in [-0.05, 0) is 23.8 Å². The second-order valence-corrected chi connectivity index (χ2v) is 3.43. The summed E-state index contributed by atoms with van der Waals surface area (Å²) >= 11 is 0. The third-order valence-electron chi connectivity index (χ3n) is 2.05. The van der Waals surface area contributed by atoms with Crippen molar-refractivity contribution >= 4 is 12.0 Å². The Morgan fingerprint density at radius 2 is 2.24 bits per heavy atom. The van der Waals surface area contributed by atoms with Crippen LogP contribution in [0.15, 0.2) is 42.7 Å². The van der Waals surface area contributed by atoms with Gasteiger partial charge in [-0.15, -0.1) is 0 Å². The number of ether oxygens (including phenoxy) is 1. The number of carboxylic acids is 1. The van der Waals surface area contributed by atoms with Gasteiger partial charge in [0.25, 0.3) is 0 Å². The molecule has 0 saturated heterocycles. The summed E-state index contributed by atoms with van der Waals surface area (Å²) in [6.07, 6.45) is 3.42. The highest BCUT2D eigenvalue weighted by molar-refractivity contribution is 5.85. The van der Waals surface area contributed by atoms with Crippen LogP contribution >= 0.6 is 0 Å². The van der Waals surface area contributed by atoms with Gasteiger partial charge >= 0.3 is 5.97 Å². The zero-order valence-electron chi connectivity index (χ0n) is 9.30. The third-order valence-corrected chi connectivity index (χ3v) is 2.05. The summed E-state index contributed by atoms with van der Waals surface area (Å²) in [5.41, 5.74) is 0.929. The molecule has 1 rings (SSSR count). The number of aromatic hydroxyl groups is 1. The van der Waals surface area contributed by atoms with Crippen molar-refractivity contribution in [2.45, 2.75) is 6.42 Å². The quantitative estimate of drug-likeness (QED) is 0.450. The number of benzene rings is 1. The molecule has 0 aliphatic rings. The van der Waals surface area contributed by atoms with E-state index in [2.05, 4.69) is 6.58 Å². The molecule has 0 bridgehead atoms. The highest BCUT2D eigenvalue weighted by Crippen LogP contribution is 2.12. The molecule has 0 spiro atoms. The normalized spacial score (nSPS) is 10.4. The van der Waals surface area contributed by atoms with E-state index in [1.54, 1.807) is 24.3 Å². The molecule has 1 aromatic carbocycles. The summed E-state index contributed by atoms with van der Waals surface area (Å²) < 4.78 is 5.11. The van der Waals surface area contributed by atoms with E-state index >= 15 is 0 Å². The van der Waals surface area contributed by atoms with Gasteiger partial charge in [-0.3, -0.25) is 0 Å². The molecule has 0 atom stereocenters. The van der Waals surface area contributed by atoms with Gasteiger partial charge in [0, 0.05) is 12.0 Å². The largest absolute Gasteiger partial charge is 0.508 e. The van der Waals surface area contributed by atoms with E-state index in [1.165, 1.54) is 6.26 Å². The predicted octanol–water partition coefficient (Wildman–Crippen LogP) is 2.41. The molecule has 2 N–H and O–H groups in total. The van der Waals surface area contributed by atoms with Crippen LogP contribution in [0.3, 0.4) is 0 Å². The molecule has 0 amide bonds. The molecular weight excluding hydrogens is 220 g/mol. The minimum Gasteiger partial charge on any atom is -0.508 e. The van der Waals surface area contributed by atoms with Crippen LogP contribution in [-0.2, 0) is 9.53 Å². The van der Waals surface area contributed by atoms with Gasteiger partial charge in [-0.25, -0.2) is 4.79 Å². The molecule has 0 heterocycles. The van der Waals surface area contributed by atoms with Gasteiger partial charge in [-0.1, -0.05) is 18.7 Å². The lowest BCUT2D eigenvalue weighted by atomic mass is 10.2. The van der Waals surface area contributed by atoms with Crippen molar-refractivity contribution in [1.29, 1.82) is 0 Å². The first-order valence-corrected chi connectivity index (χ1v) is 5.08. The van der Waals surface area contributed by atoms with Crippen molar-refractivity contribution in [2.75, 3.05) is 6.61 Å². The summed E-state index contributed by atoms with van der Waals surface area (Å²) in [7, 11) is 0. The smallest absolute Gasteiger partial charge is 0.331 e. The number of aliphatic carboxylic acids is 1. The molecule has 90 valence electrons. The van der Waals surface area contributed by atoms with E-state index in [4.69, 9.17) is 9.84 Å². The van der Waals surface area contributed by atoms with E-state index in [0.717, 1.165) is 5.56 Å². The number of carbonyl (C=O) groups is 1. The number of phenols is 1. The summed E-state index contributed by atoms with van der Waals surface area (Å²) in [6, 6.07) is 6.71. The number of rotatable bonds is 6. The molecular formula is C13H14O4. The van der Waals surface area contributed by atoms with Crippen molar-refractivity contribution < 1.29 is 19.7 Å². The Balaban J connectivity index is 2.32. The maximum absolute atomic E-state index is 10.4. The summed E-state index contributed by atoms with van der Waals surface area (Å²) in [5.74, 6) is -0.822. The minimum atomic E-state index is -1.01. The molecule has 0 aliphatic heterocycles. The molecule has 0 aliphatic carbocycles. The van der Waals surface area contributed by atoms with E-state index in [-0.39, 0.29) is 24.4 Å². The Bertz CT molecular complexity index is 435. The third kappa shape index (κ3) is 4.88. The number of carboxylic acid groups (broad SMARTS) is 1. The average molecular weight is 234 g/mol. The van der Waals surface area contributed by atoms with Crippen molar-refractivity contribution in [1.82, 2.24) is 0 Å². The lowest BCUT2D eigenvalue weighted by Gasteiger charge is -2.00. The van der Waals surface area contributed by atoms with Crippen LogP contribution in [0.1, 0.15) is 12.0 Å². The van der Waals surface area contributed by atoms with Crippen LogP contribution in [0.25, 0.3) is 6.08 Å². The lowest BCUT2D eigenvalue weighted by Crippen LogP contribution is -2.01. The fourth-order valence-electron chi connectivity index (χ4n) is 1.11. The molecule has 0 saturated carbocycles. The fraction of sp³-hybridized carbons (Fsp3) is 0.154. The second kappa shape index (κ2) is 6.37. The van der Waals surface area contributed by atoms with Crippen LogP contribution in [-0.4, -0.2) is 22.8 Å². The molecule has 0 aromatic heterocycles. The Hall–Kier alpha value is -2.23. The summed E-state index contributed by atoms with van der Waals surface area (Å²) in [4.78, 5) is 10.4. The van der Waals surface area contributed by atoms with Crippen molar-refractivity contribution in [3.05, 3.63) is 48.2 Å². The fourth-order valence-corrected chi connectivity index (χ4v) is 1.11. The molecule has 4 nitrogen and oxygen atoms in total. The monoisotopic (exact) mass is 234 g/mol. The van der Waals surface area contributed by atoms with Gasteiger partial charge < -0.3 is 14.9 Å². The minimum absolute atomic E-state index is 0.121. The Labute approximate surface area is 99.5 Å². The van der Waals surface area contributed by atoms with Crippen molar-refractivity contribution in [3.63, 3.8) is 0 Å². The van der Waals surface area contributed by atoms with Crippen LogP contribution in [0.4, 0.5) is 0 Å². The second-order valence-electron chi connectivity index (χ2n) is 3.43. The SMILES string of the molecule is C=C(CCOC=Cc1cccc(O)c1)C(=O)O. The number of hydrogen-bond acceptors (Lipinski definition) is 3. The maximum Gasteiger partial charge on any atom is 0.331 e. The molecule has 0 fully saturated rings. The van der Waals surface area contributed by atoms with Crippen molar-refractivity contribution in [2.24, 2.45) is 0 Å². The summed E-state index contributed by atoms with van der Waals surface area (Å²) in [6.45, 7) is 3.65. The van der Waals surface area contributed by atoms with E-state index in [9.17, 15) is 9.90 Å². The van der Waals surface area contributed by atoms with Crippen LogP contribution < -0.4 is 0 Å². The van der Waals surface area contributed by atoms with Gasteiger partial charge in [0.15, 0.2) is 0 Å². The zero-order valence-corrected chi connectivity index (χ0v) is 9.30. The summed E-state index contributed by atoms with van der Waals surface area (Å²) in [5, 5.41) is 17.7. The highest BCUT2D eigenvalue weighted by atomic mass is 16.5. The lowest BCUT2D eigenvalue weighted by molar-refractivity contribution is -0.132. The Kier molecular flexibility index (Phi) is 4.81. The average Bonchev–Trinajstić information content (AvgIpc) is 2.28. The van der Waals surface area contributed by atoms with E-state index in [1.807, 2.05) is 6.07 Å². The molecule has 1 aromatic rings. The first kappa shape index (κ1) is 12.8. The van der Waals surface area contributed by atoms with Crippen LogP contribution in [0.5, 0.6) is 5.75 Å². The Morgan fingerprint density at radius 1 is 1.47 bits per heavy atom. The maximum atomic E-state index is 10.4. The van der Waals surface area contributed by atoms with Gasteiger partial charge in [-0.2, -0.15) is 0 Å². The predicted molar refractivity (Wildman–Crippen MR) is 64.5 cm³/mol. The van der Waals surface area contributed by atoms with Crippen LogP contribution in [0.2, 0.25) is 0 Å². The molecule has 0 unspecified atom stereocenters. The Morgan fingerprint density at radius 3 is 2.88 bits per heavy atom. The first-order chi connectivity index (χ1) is 8.09. The van der Waals surface area contributed by atoms with E-state index in [0.29, 0.717) is 0 Å². The van der Waals surface area contributed by atoms with Crippen molar-refractivity contribution in [3.8, 4) is 5.75 Å². The van der Waals surface area contributed by atoms with Crippen LogP contribution in [0, 0.1) is 0 Å². The van der Waals surface area contributed by atoms with Gasteiger partial charge in [0.1, 0.15) is 5.75 Å². The highest BCUT2D eigenvalue weighted by Gasteiger charge is 2.02. The van der Waals surface area contributed by atoms with Gasteiger partial charge in [0.2, 0.25) is 0 Å². The number of phenolic OH excluding ortho intramolecular Hbond substituents is 1. The molecule has 17 heavy (non-hydrogen) atoms. The number of hydrogen-bond donors (Lipinski definition) is 2. The first-order valence-electron chi connectivity index (χ1n) is 5.08. The molecule has 4 heteroatoms. The molecule has 0 radical (unpaired) electrons. The zero-order chi connectivity index (χ0) is 12.7. The standard InChI is InChI=1S/C13H14O4/c1-10(13(15)16)5-7-17-8-6-11-3-2-4-12(14)9-11/h2-4,6,8-9,14H,1,5,7H2,(H,15,16). The topological polar surface area (TPSA) is 66.8 Å². The van der Waals surface area contributed by atoms with Gasteiger partial charge in [0.05, 0.1) is 12.9 Å².